The topological polar surface area (TPSA) is 88.9 Å². The molecular weight excluding hydrogens is 449 g/mol. The van der Waals surface area contributed by atoms with E-state index in [1.165, 1.54) is 18.3 Å². The third-order valence-electron chi connectivity index (χ3n) is 4.33. The first kappa shape index (κ1) is 22.1. The molecule has 2 heterocycles. The molecule has 0 fully saturated rings. The number of amides is 2. The van der Waals surface area contributed by atoms with Gasteiger partial charge in [0.15, 0.2) is 0 Å². The maximum absolute atomic E-state index is 12.6. The first-order valence-corrected chi connectivity index (χ1v) is 10.0. The standard InChI is InChI=1S/C20H18Cl3N5O2/c1-10-6-11(2)28(27-10)12(3)19(29)26-17-5-4-14(8-15(17)21)25-20(30)13-7-16(22)18(23)24-9-13/h4-9,12H,1-3H3,(H,25,30)(H,26,29). The second kappa shape index (κ2) is 9.04. The highest BCUT2D eigenvalue weighted by molar-refractivity contribution is 6.41. The molecule has 3 rings (SSSR count). The number of rotatable bonds is 5. The summed E-state index contributed by atoms with van der Waals surface area (Å²) >= 11 is 18.0. The molecule has 0 aliphatic heterocycles. The van der Waals surface area contributed by atoms with Crippen LogP contribution in [0.15, 0.2) is 36.5 Å². The van der Waals surface area contributed by atoms with Crippen LogP contribution < -0.4 is 10.6 Å². The number of pyridine rings is 1. The summed E-state index contributed by atoms with van der Waals surface area (Å²) in [6.45, 7) is 5.51. The van der Waals surface area contributed by atoms with Gasteiger partial charge in [0.2, 0.25) is 5.91 Å². The molecule has 10 heteroatoms. The predicted molar refractivity (Wildman–Crippen MR) is 119 cm³/mol. The Morgan fingerprint density at radius 1 is 1.03 bits per heavy atom. The molecule has 0 aliphatic carbocycles. The van der Waals surface area contributed by atoms with Crippen LogP contribution in [0.25, 0.3) is 0 Å². The zero-order valence-corrected chi connectivity index (χ0v) is 18.6. The smallest absolute Gasteiger partial charge is 0.257 e. The second-order valence-corrected chi connectivity index (χ2v) is 7.85. The van der Waals surface area contributed by atoms with Gasteiger partial charge in [0.25, 0.3) is 5.91 Å². The third kappa shape index (κ3) is 4.92. The molecule has 0 spiro atoms. The fourth-order valence-electron chi connectivity index (χ4n) is 2.83. The molecular formula is C20H18Cl3N5O2. The number of nitrogens with zero attached hydrogens (tertiary/aromatic N) is 3. The Morgan fingerprint density at radius 2 is 1.77 bits per heavy atom. The molecule has 0 aliphatic rings. The fourth-order valence-corrected chi connectivity index (χ4v) is 3.33. The average Bonchev–Trinajstić information content (AvgIpc) is 3.03. The Hall–Kier alpha value is -2.61. The van der Waals surface area contributed by atoms with Gasteiger partial charge in [-0.3, -0.25) is 14.3 Å². The van der Waals surface area contributed by atoms with Crippen molar-refractivity contribution in [3.05, 3.63) is 68.7 Å². The summed E-state index contributed by atoms with van der Waals surface area (Å²) in [4.78, 5) is 28.8. The minimum atomic E-state index is -0.517. The van der Waals surface area contributed by atoms with Crippen LogP contribution in [0.3, 0.4) is 0 Å². The largest absolute Gasteiger partial charge is 0.323 e. The van der Waals surface area contributed by atoms with E-state index in [1.807, 2.05) is 19.9 Å². The Balaban J connectivity index is 1.70. The third-order valence-corrected chi connectivity index (χ3v) is 5.33. The van der Waals surface area contributed by atoms with Crippen LogP contribution in [0.1, 0.15) is 34.7 Å². The molecule has 156 valence electrons. The van der Waals surface area contributed by atoms with Crippen molar-refractivity contribution in [2.24, 2.45) is 0 Å². The van der Waals surface area contributed by atoms with Gasteiger partial charge in [0.1, 0.15) is 11.2 Å². The summed E-state index contributed by atoms with van der Waals surface area (Å²) in [7, 11) is 0. The van der Waals surface area contributed by atoms with Crippen molar-refractivity contribution in [2.45, 2.75) is 26.8 Å². The van der Waals surface area contributed by atoms with Gasteiger partial charge in [-0.15, -0.1) is 0 Å². The summed E-state index contributed by atoms with van der Waals surface area (Å²) in [6, 6.07) is 7.57. The first-order valence-electron chi connectivity index (χ1n) is 8.91. The van der Waals surface area contributed by atoms with Crippen LogP contribution in [-0.4, -0.2) is 26.6 Å². The predicted octanol–water partition coefficient (Wildman–Crippen LogP) is 5.31. The van der Waals surface area contributed by atoms with E-state index in [0.717, 1.165) is 11.4 Å². The summed E-state index contributed by atoms with van der Waals surface area (Å²) in [6.07, 6.45) is 1.32. The molecule has 0 saturated heterocycles. The fraction of sp³-hybridized carbons (Fsp3) is 0.200. The van der Waals surface area contributed by atoms with Gasteiger partial charge < -0.3 is 10.6 Å². The molecule has 7 nitrogen and oxygen atoms in total. The molecule has 1 aromatic carbocycles. The highest BCUT2D eigenvalue weighted by Crippen LogP contribution is 2.27. The molecule has 0 saturated carbocycles. The van der Waals surface area contributed by atoms with E-state index < -0.39 is 11.9 Å². The normalized spacial score (nSPS) is 11.8. The Labute approximate surface area is 188 Å². The molecule has 0 radical (unpaired) electrons. The Kier molecular flexibility index (Phi) is 6.65. The number of hydrogen-bond acceptors (Lipinski definition) is 4. The zero-order valence-electron chi connectivity index (χ0n) is 16.3. The number of carbonyl (C=O) groups excluding carboxylic acids is 2. The Bertz CT molecular complexity index is 1130. The van der Waals surface area contributed by atoms with Gasteiger partial charge in [0, 0.05) is 17.6 Å². The molecule has 2 amide bonds. The molecule has 3 aromatic rings. The number of benzene rings is 1. The van der Waals surface area contributed by atoms with Crippen molar-refractivity contribution in [3.8, 4) is 0 Å². The number of aromatic nitrogens is 3. The van der Waals surface area contributed by atoms with Crippen LogP contribution >= 0.6 is 34.8 Å². The van der Waals surface area contributed by atoms with Crippen LogP contribution in [0.5, 0.6) is 0 Å². The van der Waals surface area contributed by atoms with E-state index >= 15 is 0 Å². The highest BCUT2D eigenvalue weighted by Gasteiger charge is 2.19. The van der Waals surface area contributed by atoms with E-state index in [1.54, 1.807) is 23.7 Å². The van der Waals surface area contributed by atoms with Gasteiger partial charge in [-0.05, 0) is 51.1 Å². The van der Waals surface area contributed by atoms with Crippen LogP contribution in [0.4, 0.5) is 11.4 Å². The van der Waals surface area contributed by atoms with E-state index in [4.69, 9.17) is 34.8 Å². The van der Waals surface area contributed by atoms with Crippen molar-refractivity contribution in [1.29, 1.82) is 0 Å². The zero-order chi connectivity index (χ0) is 22.0. The first-order chi connectivity index (χ1) is 14.2. The van der Waals surface area contributed by atoms with Crippen LogP contribution in [0.2, 0.25) is 15.2 Å². The van der Waals surface area contributed by atoms with Crippen molar-refractivity contribution in [1.82, 2.24) is 14.8 Å². The number of anilines is 2. The number of aryl methyl sites for hydroxylation is 2. The van der Waals surface area contributed by atoms with E-state index in [9.17, 15) is 9.59 Å². The van der Waals surface area contributed by atoms with E-state index in [-0.39, 0.29) is 26.7 Å². The maximum Gasteiger partial charge on any atom is 0.257 e. The van der Waals surface area contributed by atoms with Gasteiger partial charge in [-0.1, -0.05) is 34.8 Å². The lowest BCUT2D eigenvalue weighted by atomic mass is 10.2. The van der Waals surface area contributed by atoms with Crippen LogP contribution in [0, 0.1) is 13.8 Å². The number of hydrogen-bond donors (Lipinski definition) is 2. The minimum Gasteiger partial charge on any atom is -0.323 e. The molecule has 0 bridgehead atoms. The number of nitrogens with one attached hydrogen (secondary N) is 2. The monoisotopic (exact) mass is 465 g/mol. The van der Waals surface area contributed by atoms with Gasteiger partial charge in [-0.2, -0.15) is 5.10 Å². The lowest BCUT2D eigenvalue weighted by molar-refractivity contribution is -0.119. The van der Waals surface area contributed by atoms with Gasteiger partial charge in [0.05, 0.1) is 27.0 Å². The molecule has 1 unspecified atom stereocenters. The lowest BCUT2D eigenvalue weighted by Gasteiger charge is -2.16. The molecule has 2 N–H and O–H groups in total. The summed E-state index contributed by atoms with van der Waals surface area (Å²) < 4.78 is 1.65. The average molecular weight is 467 g/mol. The SMILES string of the molecule is Cc1cc(C)n(C(C)C(=O)Nc2ccc(NC(=O)c3cnc(Cl)c(Cl)c3)cc2Cl)n1. The van der Waals surface area contributed by atoms with E-state index in [2.05, 4.69) is 20.7 Å². The maximum atomic E-state index is 12.6. The van der Waals surface area contributed by atoms with Crippen molar-refractivity contribution in [2.75, 3.05) is 10.6 Å². The number of halogens is 3. The lowest BCUT2D eigenvalue weighted by Crippen LogP contribution is -2.25. The summed E-state index contributed by atoms with van der Waals surface area (Å²) in [5.74, 6) is -0.686. The molecule has 2 aromatic heterocycles. The van der Waals surface area contributed by atoms with Crippen LogP contribution in [-0.2, 0) is 4.79 Å². The van der Waals surface area contributed by atoms with Crippen molar-refractivity contribution >= 4 is 58.0 Å². The summed E-state index contributed by atoms with van der Waals surface area (Å²) in [5.41, 5.74) is 2.83. The van der Waals surface area contributed by atoms with Gasteiger partial charge in [-0.25, -0.2) is 4.98 Å². The number of carbonyl (C=O) groups is 2. The van der Waals surface area contributed by atoms with Crippen molar-refractivity contribution < 1.29 is 9.59 Å². The van der Waals surface area contributed by atoms with Gasteiger partial charge >= 0.3 is 0 Å². The Morgan fingerprint density at radius 3 is 2.37 bits per heavy atom. The highest BCUT2D eigenvalue weighted by atomic mass is 35.5. The second-order valence-electron chi connectivity index (χ2n) is 6.68. The molecule has 30 heavy (non-hydrogen) atoms. The van der Waals surface area contributed by atoms with Crippen molar-refractivity contribution in [3.63, 3.8) is 0 Å². The molecule has 1 atom stereocenters. The minimum absolute atomic E-state index is 0.117. The summed E-state index contributed by atoms with van der Waals surface area (Å²) in [5, 5.41) is 10.4. The quantitative estimate of drug-likeness (QED) is 0.499. The van der Waals surface area contributed by atoms with E-state index in [0.29, 0.717) is 11.4 Å².